The number of carbonyl (C=O) groups excluding carboxylic acids is 2. The maximum Gasteiger partial charge on any atom is 0.333 e. The van der Waals surface area contributed by atoms with Crippen molar-refractivity contribution in [2.45, 2.75) is 32.3 Å². The topological polar surface area (TPSA) is 43.4 Å². The Labute approximate surface area is 142 Å². The maximum absolute atomic E-state index is 12.8. The van der Waals surface area contributed by atoms with Gasteiger partial charge in [0.2, 0.25) is 0 Å². The number of ether oxygens (including phenoxy) is 1. The molecule has 0 bridgehead atoms. The lowest BCUT2D eigenvalue weighted by Crippen LogP contribution is -2.39. The highest BCUT2D eigenvalue weighted by Crippen LogP contribution is 2.44. The molecule has 0 spiro atoms. The third-order valence-electron chi connectivity index (χ3n) is 4.43. The van der Waals surface area contributed by atoms with Gasteiger partial charge in [-0.25, -0.2) is 4.79 Å². The van der Waals surface area contributed by atoms with Crippen molar-refractivity contribution >= 4 is 11.8 Å². The van der Waals surface area contributed by atoms with Gasteiger partial charge in [0.25, 0.3) is 0 Å². The van der Waals surface area contributed by atoms with Crippen molar-refractivity contribution in [2.24, 2.45) is 0 Å². The van der Waals surface area contributed by atoms with Gasteiger partial charge in [0.15, 0.2) is 5.78 Å². The first-order valence-corrected chi connectivity index (χ1v) is 7.94. The maximum atomic E-state index is 12.8. The van der Waals surface area contributed by atoms with E-state index < -0.39 is 11.6 Å². The van der Waals surface area contributed by atoms with Gasteiger partial charge in [0, 0.05) is 22.6 Å². The lowest BCUT2D eigenvalue weighted by Gasteiger charge is -2.38. The Hall–Kier alpha value is -2.68. The van der Waals surface area contributed by atoms with Crippen molar-refractivity contribution in [1.29, 1.82) is 0 Å². The molecule has 24 heavy (non-hydrogen) atoms. The van der Waals surface area contributed by atoms with Gasteiger partial charge in [-0.15, -0.1) is 0 Å². The first-order chi connectivity index (χ1) is 11.3. The van der Waals surface area contributed by atoms with E-state index in [0.717, 1.165) is 11.1 Å². The van der Waals surface area contributed by atoms with Crippen LogP contribution in [0.15, 0.2) is 60.7 Å². The van der Waals surface area contributed by atoms with E-state index in [1.807, 2.05) is 62.4 Å². The summed E-state index contributed by atoms with van der Waals surface area (Å²) >= 11 is 0. The second-order valence-electron chi connectivity index (χ2n) is 6.71. The van der Waals surface area contributed by atoms with Crippen LogP contribution in [0.2, 0.25) is 0 Å². The Bertz CT molecular complexity index is 796. The van der Waals surface area contributed by atoms with Gasteiger partial charge < -0.3 is 4.74 Å². The van der Waals surface area contributed by atoms with Crippen LogP contribution in [0.25, 0.3) is 0 Å². The molecule has 0 radical (unpaired) electrons. The molecule has 122 valence electrons. The molecule has 0 saturated heterocycles. The van der Waals surface area contributed by atoms with Crippen molar-refractivity contribution < 1.29 is 14.3 Å². The molecule has 0 saturated carbocycles. The summed E-state index contributed by atoms with van der Waals surface area (Å²) < 4.78 is 5.74. The summed E-state index contributed by atoms with van der Waals surface area (Å²) in [6, 6.07) is 15.1. The van der Waals surface area contributed by atoms with E-state index in [2.05, 4.69) is 6.58 Å². The molecule has 1 aliphatic carbocycles. The minimum absolute atomic E-state index is 0.0134. The molecule has 0 unspecified atom stereocenters. The van der Waals surface area contributed by atoms with Gasteiger partial charge in [-0.2, -0.15) is 0 Å². The molecule has 3 nitrogen and oxygen atoms in total. The molecular weight excluding hydrogens is 300 g/mol. The number of rotatable bonds is 3. The monoisotopic (exact) mass is 320 g/mol. The fraction of sp³-hybridized carbons (Fsp3) is 0.238. The van der Waals surface area contributed by atoms with Gasteiger partial charge >= 0.3 is 5.97 Å². The van der Waals surface area contributed by atoms with Crippen molar-refractivity contribution in [3.63, 3.8) is 0 Å². The minimum Gasteiger partial charge on any atom is -0.455 e. The standard InChI is InChI=1S/C21H20O3/c1-13(2)20(23)24-21(3,4)18-14-9-5-7-11-16(14)19(22)17-12-8-6-10-15(17)18/h5-12,18H,1H2,2-4H3. The molecule has 0 aliphatic heterocycles. The van der Waals surface area contributed by atoms with Crippen LogP contribution < -0.4 is 0 Å². The number of carbonyl (C=O) groups is 2. The Kier molecular flexibility index (Phi) is 3.88. The van der Waals surface area contributed by atoms with Crippen LogP contribution >= 0.6 is 0 Å². The van der Waals surface area contributed by atoms with E-state index >= 15 is 0 Å². The first kappa shape index (κ1) is 16.2. The SMILES string of the molecule is C=C(C)C(=O)OC(C)(C)C1c2ccccc2C(=O)c2ccccc21. The minimum atomic E-state index is -0.817. The molecule has 0 N–H and O–H groups in total. The zero-order chi connectivity index (χ0) is 17.5. The van der Waals surface area contributed by atoms with Gasteiger partial charge in [-0.05, 0) is 31.9 Å². The Morgan fingerprint density at radius 3 is 1.92 bits per heavy atom. The predicted octanol–water partition coefficient (Wildman–Crippen LogP) is 4.26. The molecular formula is C21H20O3. The summed E-state index contributed by atoms with van der Waals surface area (Å²) in [5.41, 5.74) is 2.66. The van der Waals surface area contributed by atoms with E-state index in [4.69, 9.17) is 4.74 Å². The smallest absolute Gasteiger partial charge is 0.333 e. The van der Waals surface area contributed by atoms with Crippen molar-refractivity contribution in [1.82, 2.24) is 0 Å². The second-order valence-corrected chi connectivity index (χ2v) is 6.71. The van der Waals surface area contributed by atoms with E-state index in [1.165, 1.54) is 0 Å². The third-order valence-corrected chi connectivity index (χ3v) is 4.43. The summed E-state index contributed by atoms with van der Waals surface area (Å²) in [5, 5.41) is 0. The van der Waals surface area contributed by atoms with Crippen molar-refractivity contribution in [3.8, 4) is 0 Å². The van der Waals surface area contributed by atoms with E-state index in [1.54, 1.807) is 6.92 Å². The summed E-state index contributed by atoms with van der Waals surface area (Å²) in [7, 11) is 0. The molecule has 3 rings (SSSR count). The van der Waals surface area contributed by atoms with Crippen LogP contribution in [-0.2, 0) is 9.53 Å². The largest absolute Gasteiger partial charge is 0.455 e. The highest BCUT2D eigenvalue weighted by atomic mass is 16.6. The molecule has 2 aromatic rings. The highest BCUT2D eigenvalue weighted by Gasteiger charge is 2.42. The van der Waals surface area contributed by atoms with Crippen LogP contribution in [0, 0.1) is 0 Å². The Morgan fingerprint density at radius 2 is 1.46 bits per heavy atom. The molecule has 0 atom stereocenters. The number of benzene rings is 2. The van der Waals surface area contributed by atoms with E-state index in [0.29, 0.717) is 16.7 Å². The second kappa shape index (κ2) is 5.75. The average molecular weight is 320 g/mol. The molecule has 0 heterocycles. The van der Waals surface area contributed by atoms with Gasteiger partial charge in [0.05, 0.1) is 0 Å². The molecule has 0 aromatic heterocycles. The quantitative estimate of drug-likeness (QED) is 0.627. The molecule has 0 amide bonds. The molecule has 3 heteroatoms. The summed E-state index contributed by atoms with van der Waals surface area (Å²) in [4.78, 5) is 24.9. The van der Waals surface area contributed by atoms with Crippen LogP contribution in [0.1, 0.15) is 53.7 Å². The van der Waals surface area contributed by atoms with E-state index in [-0.39, 0.29) is 11.7 Å². The van der Waals surface area contributed by atoms with Crippen LogP contribution in [-0.4, -0.2) is 17.4 Å². The summed E-state index contributed by atoms with van der Waals surface area (Å²) in [6.45, 7) is 9.04. The average Bonchev–Trinajstić information content (AvgIpc) is 2.54. The van der Waals surface area contributed by atoms with Gasteiger partial charge in [-0.1, -0.05) is 55.1 Å². The molecule has 2 aromatic carbocycles. The first-order valence-electron chi connectivity index (χ1n) is 7.94. The zero-order valence-corrected chi connectivity index (χ0v) is 14.1. The third kappa shape index (κ3) is 2.56. The predicted molar refractivity (Wildman–Crippen MR) is 93.1 cm³/mol. The van der Waals surface area contributed by atoms with Gasteiger partial charge in [-0.3, -0.25) is 4.79 Å². The molecule has 0 fully saturated rings. The normalized spacial score (nSPS) is 13.9. The fourth-order valence-electron chi connectivity index (χ4n) is 3.36. The Balaban J connectivity index is 2.17. The van der Waals surface area contributed by atoms with Crippen LogP contribution in [0.3, 0.4) is 0 Å². The molecule has 1 aliphatic rings. The number of esters is 1. The lowest BCUT2D eigenvalue weighted by molar-refractivity contribution is -0.152. The summed E-state index contributed by atoms with van der Waals surface area (Å²) in [6.07, 6.45) is 0. The lowest BCUT2D eigenvalue weighted by atomic mass is 9.70. The number of hydrogen-bond donors (Lipinski definition) is 0. The van der Waals surface area contributed by atoms with Crippen LogP contribution in [0.5, 0.6) is 0 Å². The summed E-state index contributed by atoms with van der Waals surface area (Å²) in [5.74, 6) is -0.628. The van der Waals surface area contributed by atoms with Crippen molar-refractivity contribution in [3.05, 3.63) is 82.9 Å². The van der Waals surface area contributed by atoms with E-state index in [9.17, 15) is 9.59 Å². The number of hydrogen-bond acceptors (Lipinski definition) is 3. The number of fused-ring (bicyclic) bond motifs is 2. The van der Waals surface area contributed by atoms with Gasteiger partial charge in [0.1, 0.15) is 5.60 Å². The fourth-order valence-corrected chi connectivity index (χ4v) is 3.36. The zero-order valence-electron chi connectivity index (χ0n) is 14.1. The highest BCUT2D eigenvalue weighted by molar-refractivity contribution is 6.12. The Morgan fingerprint density at radius 1 is 1.00 bits per heavy atom. The van der Waals surface area contributed by atoms with Crippen LogP contribution in [0.4, 0.5) is 0 Å². The van der Waals surface area contributed by atoms with Crippen molar-refractivity contribution in [2.75, 3.05) is 0 Å². The number of ketones is 1.